The number of hydrogen-bond acceptors (Lipinski definition) is 5. The van der Waals surface area contributed by atoms with E-state index in [-0.39, 0.29) is 18.6 Å². The third kappa shape index (κ3) is 4.95. The van der Waals surface area contributed by atoms with Gasteiger partial charge in [0.1, 0.15) is 5.75 Å². The van der Waals surface area contributed by atoms with Gasteiger partial charge in [-0.1, -0.05) is 23.7 Å². The highest BCUT2D eigenvalue weighted by Crippen LogP contribution is 2.36. The molecule has 2 aromatic rings. The molecule has 0 fully saturated rings. The molecule has 1 atom stereocenters. The molecule has 9 heteroatoms. The lowest BCUT2D eigenvalue weighted by Gasteiger charge is -2.18. The molecule has 2 rings (SSSR count). The van der Waals surface area contributed by atoms with Crippen molar-refractivity contribution in [1.29, 1.82) is 0 Å². The summed E-state index contributed by atoms with van der Waals surface area (Å²) in [6.07, 6.45) is -2.89. The standard InChI is InChI=1S/C19H18ClF2NO5/c1-3-28-19(24)15(9-12-8-13(20)5-7-17(12)27-2)14-6-4-11(18(21)22)10-16(14)23(25)26/h4-8,10,15,18H,3,9H2,1-2H3. The quantitative estimate of drug-likeness (QED) is 0.342. The average Bonchev–Trinajstić information content (AvgIpc) is 2.65. The first-order valence-electron chi connectivity index (χ1n) is 8.33. The van der Waals surface area contributed by atoms with E-state index in [0.29, 0.717) is 16.3 Å². The molecule has 2 aromatic carbocycles. The molecule has 0 radical (unpaired) electrons. The number of nitro groups is 1. The summed E-state index contributed by atoms with van der Waals surface area (Å²) < 4.78 is 36.3. The van der Waals surface area contributed by atoms with Crippen LogP contribution in [0.25, 0.3) is 0 Å². The Balaban J connectivity index is 2.57. The lowest BCUT2D eigenvalue weighted by atomic mass is 9.89. The number of carbonyl (C=O) groups is 1. The van der Waals surface area contributed by atoms with Crippen LogP contribution in [0.4, 0.5) is 14.5 Å². The predicted octanol–water partition coefficient (Wildman–Crippen LogP) is 5.08. The summed E-state index contributed by atoms with van der Waals surface area (Å²) in [6, 6.07) is 7.79. The second kappa shape index (κ2) is 9.45. The second-order valence-electron chi connectivity index (χ2n) is 5.84. The molecule has 0 saturated heterocycles. The van der Waals surface area contributed by atoms with Gasteiger partial charge >= 0.3 is 5.97 Å². The van der Waals surface area contributed by atoms with Crippen molar-refractivity contribution in [2.75, 3.05) is 13.7 Å². The van der Waals surface area contributed by atoms with Gasteiger partial charge in [0, 0.05) is 22.2 Å². The van der Waals surface area contributed by atoms with Gasteiger partial charge in [-0.15, -0.1) is 0 Å². The molecular formula is C19H18ClF2NO5. The number of nitrogens with zero attached hydrogens (tertiary/aromatic N) is 1. The molecule has 0 bridgehead atoms. The number of ether oxygens (including phenoxy) is 2. The number of carbonyl (C=O) groups excluding carboxylic acids is 1. The SMILES string of the molecule is CCOC(=O)C(Cc1cc(Cl)ccc1OC)c1ccc(C(F)F)cc1[N+](=O)[O-]. The minimum Gasteiger partial charge on any atom is -0.496 e. The van der Waals surface area contributed by atoms with Crippen LogP contribution in [0.2, 0.25) is 5.02 Å². The van der Waals surface area contributed by atoms with Crippen LogP contribution in [0.15, 0.2) is 36.4 Å². The summed E-state index contributed by atoms with van der Waals surface area (Å²) in [5, 5.41) is 11.9. The third-order valence-corrected chi connectivity index (χ3v) is 4.35. The molecule has 0 heterocycles. The zero-order valence-electron chi connectivity index (χ0n) is 15.2. The Hall–Kier alpha value is -2.74. The van der Waals surface area contributed by atoms with Gasteiger partial charge in [0.2, 0.25) is 0 Å². The molecule has 0 amide bonds. The molecule has 0 N–H and O–H groups in total. The zero-order chi connectivity index (χ0) is 20.8. The van der Waals surface area contributed by atoms with E-state index in [2.05, 4.69) is 0 Å². The normalized spacial score (nSPS) is 11.9. The second-order valence-corrected chi connectivity index (χ2v) is 6.28. The summed E-state index contributed by atoms with van der Waals surface area (Å²) in [4.78, 5) is 23.2. The minimum atomic E-state index is -2.87. The van der Waals surface area contributed by atoms with Crippen molar-refractivity contribution in [1.82, 2.24) is 0 Å². The summed E-state index contributed by atoms with van der Waals surface area (Å²) >= 11 is 6.02. The molecule has 0 aliphatic carbocycles. The molecule has 0 spiro atoms. The molecule has 1 unspecified atom stereocenters. The summed E-state index contributed by atoms with van der Waals surface area (Å²) in [7, 11) is 1.44. The van der Waals surface area contributed by atoms with E-state index in [9.17, 15) is 23.7 Å². The molecule has 0 aliphatic rings. The largest absolute Gasteiger partial charge is 0.496 e. The molecule has 6 nitrogen and oxygen atoms in total. The van der Waals surface area contributed by atoms with Crippen molar-refractivity contribution in [2.24, 2.45) is 0 Å². The maximum Gasteiger partial charge on any atom is 0.314 e. The first-order valence-corrected chi connectivity index (χ1v) is 8.71. The number of esters is 1. The highest BCUT2D eigenvalue weighted by molar-refractivity contribution is 6.30. The van der Waals surface area contributed by atoms with Gasteiger partial charge in [-0.25, -0.2) is 8.78 Å². The predicted molar refractivity (Wildman–Crippen MR) is 99.1 cm³/mol. The van der Waals surface area contributed by atoms with Crippen LogP contribution >= 0.6 is 11.6 Å². The maximum absolute atomic E-state index is 13.0. The first kappa shape index (κ1) is 21.6. The van der Waals surface area contributed by atoms with E-state index in [0.717, 1.165) is 18.2 Å². The van der Waals surface area contributed by atoms with Crippen LogP contribution in [-0.2, 0) is 16.0 Å². The molecule has 150 valence electrons. The minimum absolute atomic E-state index is 0.0164. The molecular weight excluding hydrogens is 396 g/mol. The van der Waals surface area contributed by atoms with Crippen LogP contribution in [0.1, 0.15) is 36.0 Å². The van der Waals surface area contributed by atoms with E-state index < -0.39 is 34.5 Å². The van der Waals surface area contributed by atoms with Gasteiger partial charge < -0.3 is 9.47 Å². The van der Waals surface area contributed by atoms with Gasteiger partial charge in [0.15, 0.2) is 0 Å². The number of hydrogen-bond donors (Lipinski definition) is 0. The van der Waals surface area contributed by atoms with Crippen LogP contribution in [0.3, 0.4) is 0 Å². The Morgan fingerprint density at radius 1 is 1.25 bits per heavy atom. The van der Waals surface area contributed by atoms with E-state index in [4.69, 9.17) is 21.1 Å². The van der Waals surface area contributed by atoms with Crippen LogP contribution in [-0.4, -0.2) is 24.6 Å². The third-order valence-electron chi connectivity index (χ3n) is 4.12. The Labute approximate surface area is 165 Å². The summed E-state index contributed by atoms with van der Waals surface area (Å²) in [6.45, 7) is 1.66. The van der Waals surface area contributed by atoms with Crippen molar-refractivity contribution >= 4 is 23.3 Å². The van der Waals surface area contributed by atoms with Gasteiger partial charge in [0.25, 0.3) is 12.1 Å². The van der Waals surface area contributed by atoms with E-state index >= 15 is 0 Å². The first-order chi connectivity index (χ1) is 13.3. The number of methoxy groups -OCH3 is 1. The average molecular weight is 414 g/mol. The van der Waals surface area contributed by atoms with Crippen LogP contribution in [0, 0.1) is 10.1 Å². The molecule has 0 saturated carbocycles. The fraction of sp³-hybridized carbons (Fsp3) is 0.316. The highest BCUT2D eigenvalue weighted by Gasteiger charge is 2.31. The highest BCUT2D eigenvalue weighted by atomic mass is 35.5. The van der Waals surface area contributed by atoms with Crippen molar-refractivity contribution in [3.8, 4) is 5.75 Å². The Kier molecular flexibility index (Phi) is 7.28. The van der Waals surface area contributed by atoms with Gasteiger partial charge in [-0.05, 0) is 37.1 Å². The Morgan fingerprint density at radius 2 is 1.96 bits per heavy atom. The number of nitro benzene ring substituents is 1. The fourth-order valence-electron chi connectivity index (χ4n) is 2.84. The molecule has 28 heavy (non-hydrogen) atoms. The number of halogens is 3. The lowest BCUT2D eigenvalue weighted by Crippen LogP contribution is -2.20. The van der Waals surface area contributed by atoms with Gasteiger partial charge in [0.05, 0.1) is 24.6 Å². The smallest absolute Gasteiger partial charge is 0.314 e. The van der Waals surface area contributed by atoms with E-state index in [1.807, 2.05) is 0 Å². The van der Waals surface area contributed by atoms with Crippen molar-refractivity contribution in [3.63, 3.8) is 0 Å². The number of benzene rings is 2. The molecule has 0 aliphatic heterocycles. The summed E-state index contributed by atoms with van der Waals surface area (Å²) in [5.41, 5.74) is -0.564. The van der Waals surface area contributed by atoms with Gasteiger partial charge in [-0.3, -0.25) is 14.9 Å². The van der Waals surface area contributed by atoms with Crippen molar-refractivity contribution < 1.29 is 28.0 Å². The fourth-order valence-corrected chi connectivity index (χ4v) is 3.03. The number of rotatable bonds is 8. The number of alkyl halides is 2. The lowest BCUT2D eigenvalue weighted by molar-refractivity contribution is -0.385. The van der Waals surface area contributed by atoms with Crippen molar-refractivity contribution in [2.45, 2.75) is 25.7 Å². The zero-order valence-corrected chi connectivity index (χ0v) is 15.9. The Bertz CT molecular complexity index is 875. The van der Waals surface area contributed by atoms with E-state index in [1.54, 1.807) is 25.1 Å². The van der Waals surface area contributed by atoms with Gasteiger partial charge in [-0.2, -0.15) is 0 Å². The van der Waals surface area contributed by atoms with Crippen LogP contribution in [0.5, 0.6) is 5.75 Å². The van der Waals surface area contributed by atoms with Crippen LogP contribution < -0.4 is 4.74 Å². The molecule has 0 aromatic heterocycles. The maximum atomic E-state index is 13.0. The summed E-state index contributed by atoms with van der Waals surface area (Å²) in [5.74, 6) is -1.37. The van der Waals surface area contributed by atoms with E-state index in [1.165, 1.54) is 7.11 Å². The topological polar surface area (TPSA) is 78.7 Å². The van der Waals surface area contributed by atoms with Crippen molar-refractivity contribution in [3.05, 3.63) is 68.2 Å². The Morgan fingerprint density at radius 3 is 2.54 bits per heavy atom. The monoisotopic (exact) mass is 413 g/mol.